The van der Waals surface area contributed by atoms with Gasteiger partial charge in [-0.3, -0.25) is 4.79 Å². The molecule has 0 saturated heterocycles. The van der Waals surface area contributed by atoms with E-state index in [4.69, 9.17) is 4.74 Å². The maximum atomic E-state index is 11.3. The number of benzene rings is 1. The number of rotatable bonds is 4. The smallest absolute Gasteiger partial charge is 0.311 e. The van der Waals surface area contributed by atoms with Gasteiger partial charge in [-0.2, -0.15) is 0 Å². The Morgan fingerprint density at radius 3 is 2.44 bits per heavy atom. The minimum atomic E-state index is -0.807. The van der Waals surface area contributed by atoms with Gasteiger partial charge < -0.3 is 9.84 Å². The molecule has 0 spiro atoms. The lowest BCUT2D eigenvalue weighted by molar-refractivity contribution is -0.139. The normalized spacial score (nSPS) is 12.6. The summed E-state index contributed by atoms with van der Waals surface area (Å²) in [6.07, 6.45) is 0. The predicted molar refractivity (Wildman–Crippen MR) is 62.9 cm³/mol. The van der Waals surface area contributed by atoms with Crippen molar-refractivity contribution in [2.45, 2.75) is 26.7 Å². The van der Waals surface area contributed by atoms with Crippen LogP contribution in [0.25, 0.3) is 0 Å². The van der Waals surface area contributed by atoms with Crippen LogP contribution >= 0.6 is 0 Å². The van der Waals surface area contributed by atoms with Gasteiger partial charge in [-0.05, 0) is 18.9 Å². The Morgan fingerprint density at radius 1 is 1.38 bits per heavy atom. The molecule has 1 atom stereocenters. The first-order chi connectivity index (χ1) is 7.47. The van der Waals surface area contributed by atoms with Crippen molar-refractivity contribution in [1.82, 2.24) is 0 Å². The highest BCUT2D eigenvalue weighted by atomic mass is 16.5. The number of carboxylic acid groups (broad SMARTS) is 1. The Hall–Kier alpha value is -1.51. The summed E-state index contributed by atoms with van der Waals surface area (Å²) >= 11 is 0. The fraction of sp³-hybridized carbons (Fsp3) is 0.462. The van der Waals surface area contributed by atoms with Crippen LogP contribution in [0.1, 0.15) is 30.9 Å². The van der Waals surface area contributed by atoms with Crippen LogP contribution in [0, 0.1) is 12.8 Å². The molecule has 0 aliphatic carbocycles. The van der Waals surface area contributed by atoms with Crippen LogP contribution < -0.4 is 4.74 Å². The van der Waals surface area contributed by atoms with Crippen molar-refractivity contribution in [1.29, 1.82) is 0 Å². The molecule has 3 heteroatoms. The standard InChI is InChI=1S/C13H18O3/c1-8(2)12(13(14)15)10-7-9(3)5-6-11(10)16-4/h5-8,12H,1-4H3,(H,14,15). The van der Waals surface area contributed by atoms with Crippen LogP contribution in [-0.2, 0) is 4.79 Å². The Kier molecular flexibility index (Phi) is 3.93. The van der Waals surface area contributed by atoms with Gasteiger partial charge in [0.1, 0.15) is 5.75 Å². The van der Waals surface area contributed by atoms with Crippen molar-refractivity contribution < 1.29 is 14.6 Å². The number of hydrogen-bond acceptors (Lipinski definition) is 2. The van der Waals surface area contributed by atoms with Gasteiger partial charge in [0.2, 0.25) is 0 Å². The lowest BCUT2D eigenvalue weighted by Crippen LogP contribution is -2.18. The van der Waals surface area contributed by atoms with Gasteiger partial charge in [-0.1, -0.05) is 31.5 Å². The molecule has 0 saturated carbocycles. The van der Waals surface area contributed by atoms with Gasteiger partial charge in [0.15, 0.2) is 0 Å². The third-order valence-corrected chi connectivity index (χ3v) is 2.65. The van der Waals surface area contributed by atoms with Crippen molar-refractivity contribution in [2.24, 2.45) is 5.92 Å². The molecule has 1 unspecified atom stereocenters. The van der Waals surface area contributed by atoms with Crippen molar-refractivity contribution in [3.63, 3.8) is 0 Å². The first-order valence-electron chi connectivity index (χ1n) is 5.34. The molecule has 1 N–H and O–H groups in total. The van der Waals surface area contributed by atoms with E-state index in [1.807, 2.05) is 39.0 Å². The number of aryl methyl sites for hydroxylation is 1. The summed E-state index contributed by atoms with van der Waals surface area (Å²) in [5.41, 5.74) is 1.80. The molecule has 1 aromatic rings. The van der Waals surface area contributed by atoms with Gasteiger partial charge >= 0.3 is 5.97 Å². The number of methoxy groups -OCH3 is 1. The van der Waals surface area contributed by atoms with Crippen LogP contribution in [-0.4, -0.2) is 18.2 Å². The summed E-state index contributed by atoms with van der Waals surface area (Å²) in [5, 5.41) is 9.25. The van der Waals surface area contributed by atoms with E-state index in [0.29, 0.717) is 5.75 Å². The number of ether oxygens (including phenoxy) is 1. The van der Waals surface area contributed by atoms with E-state index in [1.165, 1.54) is 0 Å². The molecule has 1 aromatic carbocycles. The fourth-order valence-corrected chi connectivity index (χ4v) is 1.87. The Balaban J connectivity index is 3.26. The molecule has 3 nitrogen and oxygen atoms in total. The molecule has 16 heavy (non-hydrogen) atoms. The third-order valence-electron chi connectivity index (χ3n) is 2.65. The summed E-state index contributed by atoms with van der Waals surface area (Å²) in [6.45, 7) is 5.75. The van der Waals surface area contributed by atoms with E-state index in [-0.39, 0.29) is 5.92 Å². The highest BCUT2D eigenvalue weighted by molar-refractivity contribution is 5.77. The molecule has 0 bridgehead atoms. The molecule has 0 radical (unpaired) electrons. The third kappa shape index (κ3) is 2.54. The van der Waals surface area contributed by atoms with Gasteiger partial charge in [0, 0.05) is 5.56 Å². The zero-order chi connectivity index (χ0) is 12.3. The maximum absolute atomic E-state index is 11.3. The number of aliphatic carboxylic acids is 1. The van der Waals surface area contributed by atoms with Crippen LogP contribution in [0.5, 0.6) is 5.75 Å². The van der Waals surface area contributed by atoms with Crippen molar-refractivity contribution in [3.8, 4) is 5.75 Å². The lowest BCUT2D eigenvalue weighted by atomic mass is 9.87. The van der Waals surface area contributed by atoms with Crippen LogP contribution in [0.4, 0.5) is 0 Å². The highest BCUT2D eigenvalue weighted by Gasteiger charge is 2.26. The Morgan fingerprint density at radius 2 is 2.00 bits per heavy atom. The Bertz CT molecular complexity index is 383. The van der Waals surface area contributed by atoms with E-state index in [0.717, 1.165) is 11.1 Å². The predicted octanol–water partition coefficient (Wildman–Crippen LogP) is 2.83. The largest absolute Gasteiger partial charge is 0.496 e. The van der Waals surface area contributed by atoms with Crippen molar-refractivity contribution >= 4 is 5.97 Å². The summed E-state index contributed by atoms with van der Waals surface area (Å²) in [7, 11) is 1.56. The van der Waals surface area contributed by atoms with Crippen molar-refractivity contribution in [3.05, 3.63) is 29.3 Å². The first-order valence-corrected chi connectivity index (χ1v) is 5.34. The lowest BCUT2D eigenvalue weighted by Gasteiger charge is -2.19. The minimum absolute atomic E-state index is 0.0354. The summed E-state index contributed by atoms with van der Waals surface area (Å²) in [6, 6.07) is 5.63. The van der Waals surface area contributed by atoms with Crippen LogP contribution in [0.2, 0.25) is 0 Å². The molecule has 0 aliphatic rings. The summed E-state index contributed by atoms with van der Waals surface area (Å²) < 4.78 is 5.22. The topological polar surface area (TPSA) is 46.5 Å². The number of carbonyl (C=O) groups is 1. The average Bonchev–Trinajstić information content (AvgIpc) is 2.17. The second kappa shape index (κ2) is 5.01. The minimum Gasteiger partial charge on any atom is -0.496 e. The number of hydrogen-bond donors (Lipinski definition) is 1. The van der Waals surface area contributed by atoms with E-state index < -0.39 is 11.9 Å². The Labute approximate surface area is 96.1 Å². The van der Waals surface area contributed by atoms with Gasteiger partial charge in [-0.25, -0.2) is 0 Å². The molecule has 0 aromatic heterocycles. The molecule has 0 fully saturated rings. The SMILES string of the molecule is COc1ccc(C)cc1C(C(=O)O)C(C)C. The average molecular weight is 222 g/mol. The zero-order valence-electron chi connectivity index (χ0n) is 10.2. The quantitative estimate of drug-likeness (QED) is 0.852. The van der Waals surface area contributed by atoms with E-state index >= 15 is 0 Å². The molecule has 1 rings (SSSR count). The monoisotopic (exact) mass is 222 g/mol. The van der Waals surface area contributed by atoms with Gasteiger partial charge in [0.05, 0.1) is 13.0 Å². The van der Waals surface area contributed by atoms with Gasteiger partial charge in [0.25, 0.3) is 0 Å². The summed E-state index contributed by atoms with van der Waals surface area (Å²) in [4.78, 5) is 11.3. The van der Waals surface area contributed by atoms with Gasteiger partial charge in [-0.15, -0.1) is 0 Å². The molecule has 88 valence electrons. The fourth-order valence-electron chi connectivity index (χ4n) is 1.87. The second-order valence-electron chi connectivity index (χ2n) is 4.31. The number of carboxylic acids is 1. The summed E-state index contributed by atoms with van der Waals surface area (Å²) in [5.74, 6) is -0.645. The van der Waals surface area contributed by atoms with Crippen LogP contribution in [0.3, 0.4) is 0 Å². The molecule has 0 aliphatic heterocycles. The zero-order valence-corrected chi connectivity index (χ0v) is 10.2. The molecular formula is C13H18O3. The highest BCUT2D eigenvalue weighted by Crippen LogP contribution is 2.32. The molecular weight excluding hydrogens is 204 g/mol. The molecule has 0 heterocycles. The first kappa shape index (κ1) is 12.6. The van der Waals surface area contributed by atoms with Crippen molar-refractivity contribution in [2.75, 3.05) is 7.11 Å². The van der Waals surface area contributed by atoms with Crippen LogP contribution in [0.15, 0.2) is 18.2 Å². The van der Waals surface area contributed by atoms with E-state index in [2.05, 4.69) is 0 Å². The second-order valence-corrected chi connectivity index (χ2v) is 4.31. The van der Waals surface area contributed by atoms with E-state index in [9.17, 15) is 9.90 Å². The molecule has 0 amide bonds. The maximum Gasteiger partial charge on any atom is 0.311 e. The van der Waals surface area contributed by atoms with E-state index in [1.54, 1.807) is 7.11 Å².